The van der Waals surface area contributed by atoms with Gasteiger partial charge in [0.2, 0.25) is 15.9 Å². The van der Waals surface area contributed by atoms with E-state index in [1.54, 1.807) is 4.90 Å². The summed E-state index contributed by atoms with van der Waals surface area (Å²) < 4.78 is 83.6. The fraction of sp³-hybridized carbons (Fsp3) is 0.720. The lowest BCUT2D eigenvalue weighted by molar-refractivity contribution is -0.136. The molecule has 37 heavy (non-hydrogen) atoms. The largest absolute Gasteiger partial charge is 0.598 e. The number of hydrogen-bond acceptors (Lipinski definition) is 5. The van der Waals surface area contributed by atoms with Gasteiger partial charge in [-0.05, 0) is 83.3 Å². The molecule has 5 atom stereocenters. The molecule has 3 aliphatic rings. The van der Waals surface area contributed by atoms with E-state index in [9.17, 15) is 30.9 Å². The molecule has 1 aromatic carbocycles. The third-order valence-electron chi connectivity index (χ3n) is 7.71. The van der Waals surface area contributed by atoms with Crippen LogP contribution in [0.1, 0.15) is 64.9 Å². The number of carbonyl (C=O) groups excluding carboxylic acids is 1. The zero-order valence-corrected chi connectivity index (χ0v) is 23.3. The minimum absolute atomic E-state index is 0.0000643. The van der Waals surface area contributed by atoms with Crippen LogP contribution in [-0.2, 0) is 32.6 Å². The maximum absolute atomic E-state index is 14.5. The van der Waals surface area contributed by atoms with Gasteiger partial charge in [0.05, 0.1) is 17.8 Å². The molecule has 1 aromatic rings. The van der Waals surface area contributed by atoms with Gasteiger partial charge in [-0.25, -0.2) is 21.6 Å². The van der Waals surface area contributed by atoms with Gasteiger partial charge < -0.3 is 9.45 Å². The quantitative estimate of drug-likeness (QED) is 0.368. The van der Waals surface area contributed by atoms with Crippen LogP contribution in [0.4, 0.5) is 13.2 Å². The van der Waals surface area contributed by atoms with Gasteiger partial charge in [0.1, 0.15) is 10.6 Å². The lowest BCUT2D eigenvalue weighted by Crippen LogP contribution is -2.55. The number of hydrogen-bond donors (Lipinski definition) is 1. The summed E-state index contributed by atoms with van der Waals surface area (Å²) in [6, 6.07) is 0.658. The third kappa shape index (κ3) is 6.29. The number of carbonyl (C=O) groups is 1. The highest BCUT2D eigenvalue weighted by Gasteiger charge is 2.47. The smallest absolute Gasteiger partial charge is 0.238 e. The van der Waals surface area contributed by atoms with Crippen LogP contribution in [0.2, 0.25) is 0 Å². The molecule has 1 N–H and O–H groups in total. The van der Waals surface area contributed by atoms with Crippen molar-refractivity contribution in [3.63, 3.8) is 0 Å². The van der Waals surface area contributed by atoms with Crippen LogP contribution in [0.5, 0.6) is 0 Å². The minimum atomic E-state index is -3.46. The second kappa shape index (κ2) is 10.7. The average Bonchev–Trinajstić information content (AvgIpc) is 3.62. The van der Waals surface area contributed by atoms with E-state index >= 15 is 0 Å². The van der Waals surface area contributed by atoms with Crippen molar-refractivity contribution in [3.05, 3.63) is 35.1 Å². The fourth-order valence-electron chi connectivity index (χ4n) is 5.51. The Morgan fingerprint density at radius 1 is 1.11 bits per heavy atom. The first-order valence-electron chi connectivity index (χ1n) is 12.8. The van der Waals surface area contributed by atoms with Gasteiger partial charge in [0.15, 0.2) is 11.6 Å². The number of fused-ring (bicyclic) bond motifs is 2. The van der Waals surface area contributed by atoms with Crippen LogP contribution in [0.3, 0.4) is 0 Å². The van der Waals surface area contributed by atoms with Crippen LogP contribution in [0.25, 0.3) is 0 Å². The highest BCUT2D eigenvalue weighted by Crippen LogP contribution is 2.41. The molecule has 2 heterocycles. The number of nitrogens with zero attached hydrogens (tertiary/aromatic N) is 2. The molecule has 1 aliphatic carbocycles. The molecule has 2 saturated heterocycles. The van der Waals surface area contributed by atoms with Crippen LogP contribution in [0, 0.1) is 23.4 Å². The van der Waals surface area contributed by atoms with E-state index in [1.165, 1.54) is 7.05 Å². The highest BCUT2D eigenvalue weighted by atomic mass is 32.2. The Morgan fingerprint density at radius 3 is 2.22 bits per heavy atom. The molecule has 0 aromatic heterocycles. The molecule has 1 saturated carbocycles. The molecule has 2 bridgehead atoms. The van der Waals surface area contributed by atoms with E-state index < -0.39 is 49.6 Å². The van der Waals surface area contributed by atoms with Crippen molar-refractivity contribution < 1.29 is 30.9 Å². The maximum atomic E-state index is 14.5. The molecular weight excluding hydrogens is 527 g/mol. The predicted molar refractivity (Wildman–Crippen MR) is 136 cm³/mol. The van der Waals surface area contributed by atoms with Crippen molar-refractivity contribution in [2.75, 3.05) is 13.6 Å². The lowest BCUT2D eigenvalue weighted by atomic mass is 9.82. The van der Waals surface area contributed by atoms with Gasteiger partial charge in [-0.3, -0.25) is 4.79 Å². The Kier molecular flexibility index (Phi) is 8.27. The zero-order valence-electron chi connectivity index (χ0n) is 21.7. The SMILES string of the molecule is CN(CC(=O)N1[C@@H]2CC[C@H]1C[C@H]([C@@H](Cc1cc(F)c(F)cc1F)N[S+]([O-])C(C)(C)C)C2)S(=O)(=O)C1CC1. The van der Waals surface area contributed by atoms with Crippen LogP contribution < -0.4 is 4.72 Å². The van der Waals surface area contributed by atoms with E-state index in [1.807, 2.05) is 20.8 Å². The number of nitrogens with one attached hydrogen (secondary N) is 1. The third-order valence-corrected chi connectivity index (χ3v) is 11.6. The molecule has 12 heteroatoms. The van der Waals surface area contributed by atoms with E-state index in [-0.39, 0.29) is 47.7 Å². The molecule has 3 fully saturated rings. The highest BCUT2D eigenvalue weighted by molar-refractivity contribution is 7.90. The van der Waals surface area contributed by atoms with Crippen molar-refractivity contribution in [1.29, 1.82) is 0 Å². The van der Waals surface area contributed by atoms with Crippen molar-refractivity contribution in [2.24, 2.45) is 5.92 Å². The average molecular weight is 564 g/mol. The Balaban J connectivity index is 1.50. The summed E-state index contributed by atoms with van der Waals surface area (Å²) in [5.74, 6) is -3.58. The van der Waals surface area contributed by atoms with Gasteiger partial charge in [-0.2, -0.15) is 4.31 Å². The number of likely N-dealkylation sites (N-methyl/N-ethyl adjacent to an activating group) is 1. The second-order valence-electron chi connectivity index (χ2n) is 11.6. The Labute approximate surface area is 220 Å². The van der Waals surface area contributed by atoms with E-state index in [4.69, 9.17) is 0 Å². The first-order chi connectivity index (χ1) is 17.2. The molecule has 1 amide bonds. The van der Waals surface area contributed by atoms with Crippen molar-refractivity contribution in [1.82, 2.24) is 13.9 Å². The van der Waals surface area contributed by atoms with Crippen molar-refractivity contribution in [3.8, 4) is 0 Å². The Hall–Kier alpha value is -1.34. The summed E-state index contributed by atoms with van der Waals surface area (Å²) in [5.41, 5.74) is 0.0000643. The summed E-state index contributed by atoms with van der Waals surface area (Å²) in [6.45, 7) is 5.22. The van der Waals surface area contributed by atoms with Gasteiger partial charge in [0, 0.05) is 36.6 Å². The number of halogens is 3. The molecule has 1 unspecified atom stereocenters. The first kappa shape index (κ1) is 28.7. The van der Waals surface area contributed by atoms with Gasteiger partial charge in [-0.1, -0.05) is 0 Å². The Morgan fingerprint density at radius 2 is 1.68 bits per heavy atom. The topological polar surface area (TPSA) is 92.8 Å². The molecule has 0 radical (unpaired) electrons. The molecule has 7 nitrogen and oxygen atoms in total. The minimum Gasteiger partial charge on any atom is -0.598 e. The predicted octanol–water partition coefficient (Wildman–Crippen LogP) is 3.26. The van der Waals surface area contributed by atoms with Gasteiger partial charge >= 0.3 is 0 Å². The zero-order chi connectivity index (χ0) is 27.3. The number of sulfonamides is 1. The summed E-state index contributed by atoms with van der Waals surface area (Å²) in [6.07, 6.45) is 3.92. The van der Waals surface area contributed by atoms with E-state index in [2.05, 4.69) is 4.72 Å². The van der Waals surface area contributed by atoms with Gasteiger partial charge in [0.25, 0.3) is 0 Å². The number of piperidine rings is 1. The van der Waals surface area contributed by atoms with Crippen LogP contribution in [0.15, 0.2) is 12.1 Å². The summed E-state index contributed by atoms with van der Waals surface area (Å²) in [4.78, 5) is 15.0. The van der Waals surface area contributed by atoms with Crippen molar-refractivity contribution in [2.45, 2.75) is 93.8 Å². The summed E-state index contributed by atoms with van der Waals surface area (Å²) in [7, 11) is -2.02. The lowest BCUT2D eigenvalue weighted by Gasteiger charge is -2.42. The van der Waals surface area contributed by atoms with E-state index in [0.717, 1.165) is 23.2 Å². The van der Waals surface area contributed by atoms with Gasteiger partial charge in [-0.15, -0.1) is 4.72 Å². The molecule has 0 spiro atoms. The van der Waals surface area contributed by atoms with E-state index in [0.29, 0.717) is 31.7 Å². The summed E-state index contributed by atoms with van der Waals surface area (Å²) in [5, 5.41) is -0.389. The number of amides is 1. The Bertz CT molecular complexity index is 1110. The normalized spacial score (nSPS) is 26.0. The maximum Gasteiger partial charge on any atom is 0.238 e. The van der Waals surface area contributed by atoms with Crippen LogP contribution in [-0.4, -0.2) is 69.8 Å². The standard InChI is InChI=1S/C25H36F3N3O4S2/c1-25(2,3)36(33)29-23(12-15-11-21(27)22(28)13-20(15)26)16-9-17-5-6-18(10-16)31(17)24(32)14-30(4)37(34,35)19-7-8-19/h11,13,16-19,23,29H,5-10,12,14H2,1-4H3/t16-,17-,18+,23-,36?/m1/s1. The monoisotopic (exact) mass is 563 g/mol. The van der Waals surface area contributed by atoms with Crippen LogP contribution >= 0.6 is 0 Å². The molecular formula is C25H36F3N3O4S2. The van der Waals surface area contributed by atoms with Crippen molar-refractivity contribution >= 4 is 27.3 Å². The fourth-order valence-corrected chi connectivity index (χ4v) is 7.95. The first-order valence-corrected chi connectivity index (χ1v) is 15.4. The number of benzene rings is 1. The molecule has 4 rings (SSSR count). The molecule has 2 aliphatic heterocycles. The molecule has 208 valence electrons. The second-order valence-corrected chi connectivity index (χ2v) is 15.9. The summed E-state index contributed by atoms with van der Waals surface area (Å²) >= 11 is -1.49. The number of rotatable bonds is 9.